The summed E-state index contributed by atoms with van der Waals surface area (Å²) in [6.07, 6.45) is 0.957. The van der Waals surface area contributed by atoms with Crippen LogP contribution in [-0.2, 0) is 11.3 Å². The molecule has 0 saturated carbocycles. The number of hydrogen-bond acceptors (Lipinski definition) is 5. The Morgan fingerprint density at radius 2 is 1.67 bits per heavy atom. The van der Waals surface area contributed by atoms with E-state index in [4.69, 9.17) is 14.2 Å². The van der Waals surface area contributed by atoms with E-state index in [1.165, 1.54) is 11.1 Å². The van der Waals surface area contributed by atoms with E-state index >= 15 is 0 Å². The first-order valence-electron chi connectivity index (χ1n) is 12.6. The molecule has 2 fully saturated rings. The van der Waals surface area contributed by atoms with E-state index in [1.807, 2.05) is 35.2 Å². The molecule has 0 aromatic heterocycles. The Morgan fingerprint density at radius 3 is 2.44 bits per heavy atom. The van der Waals surface area contributed by atoms with Crippen LogP contribution in [0.25, 0.3) is 0 Å². The van der Waals surface area contributed by atoms with Gasteiger partial charge in [-0.2, -0.15) is 0 Å². The second-order valence-electron chi connectivity index (χ2n) is 9.60. The van der Waals surface area contributed by atoms with Crippen molar-refractivity contribution in [3.63, 3.8) is 0 Å². The molecule has 0 radical (unpaired) electrons. The number of nitrogens with zero attached hydrogens (tertiary/aromatic N) is 2. The van der Waals surface area contributed by atoms with Gasteiger partial charge in [-0.25, -0.2) is 0 Å². The van der Waals surface area contributed by atoms with Crippen molar-refractivity contribution >= 4 is 5.91 Å². The summed E-state index contributed by atoms with van der Waals surface area (Å²) in [5, 5.41) is 0. The molecule has 0 N–H and O–H groups in total. The summed E-state index contributed by atoms with van der Waals surface area (Å²) in [4.78, 5) is 17.8. The third-order valence-electron chi connectivity index (χ3n) is 7.56. The Kier molecular flexibility index (Phi) is 7.42. The predicted molar refractivity (Wildman–Crippen MR) is 140 cm³/mol. The fourth-order valence-electron chi connectivity index (χ4n) is 5.76. The number of para-hydroxylation sites is 2. The maximum Gasteiger partial charge on any atom is 0.260 e. The molecular formula is C30H34N2O4. The zero-order chi connectivity index (χ0) is 24.9. The minimum atomic E-state index is 0.00924. The third-order valence-corrected chi connectivity index (χ3v) is 7.56. The molecular weight excluding hydrogens is 452 g/mol. The lowest BCUT2D eigenvalue weighted by molar-refractivity contribution is -0.135. The Hall–Kier alpha value is -3.51. The first-order valence-corrected chi connectivity index (χ1v) is 12.6. The van der Waals surface area contributed by atoms with Crippen molar-refractivity contribution in [2.24, 2.45) is 5.92 Å². The number of carbonyl (C=O) groups excluding carboxylic acids is 1. The molecule has 6 heteroatoms. The first kappa shape index (κ1) is 24.2. The summed E-state index contributed by atoms with van der Waals surface area (Å²) >= 11 is 0. The lowest BCUT2D eigenvalue weighted by Gasteiger charge is -2.39. The highest BCUT2D eigenvalue weighted by Gasteiger charge is 2.45. The van der Waals surface area contributed by atoms with Gasteiger partial charge in [0.15, 0.2) is 18.1 Å². The summed E-state index contributed by atoms with van der Waals surface area (Å²) in [6.45, 7) is 3.37. The monoisotopic (exact) mass is 486 g/mol. The lowest BCUT2D eigenvalue weighted by atomic mass is 9.81. The highest BCUT2D eigenvalue weighted by Crippen LogP contribution is 2.43. The van der Waals surface area contributed by atoms with Gasteiger partial charge in [0.05, 0.1) is 14.2 Å². The summed E-state index contributed by atoms with van der Waals surface area (Å²) < 4.78 is 16.7. The van der Waals surface area contributed by atoms with Crippen LogP contribution in [0.1, 0.15) is 23.5 Å². The molecule has 3 aromatic rings. The van der Waals surface area contributed by atoms with Crippen LogP contribution in [0.2, 0.25) is 0 Å². The molecule has 2 heterocycles. The molecule has 2 saturated heterocycles. The van der Waals surface area contributed by atoms with Gasteiger partial charge in [-0.1, -0.05) is 54.6 Å². The first-order chi connectivity index (χ1) is 17.7. The van der Waals surface area contributed by atoms with Crippen LogP contribution in [-0.4, -0.2) is 62.2 Å². The molecule has 0 aliphatic carbocycles. The number of likely N-dealkylation sites (tertiary alicyclic amines) is 2. The second-order valence-corrected chi connectivity index (χ2v) is 9.60. The van der Waals surface area contributed by atoms with Gasteiger partial charge in [-0.05, 0) is 41.8 Å². The van der Waals surface area contributed by atoms with Crippen LogP contribution in [0.15, 0.2) is 78.9 Å². The highest BCUT2D eigenvalue weighted by molar-refractivity contribution is 5.78. The summed E-state index contributed by atoms with van der Waals surface area (Å²) in [5.41, 5.74) is 2.60. The normalized spacial score (nSPS) is 21.6. The number of rotatable bonds is 8. The molecule has 2 aliphatic heterocycles. The Balaban J connectivity index is 1.32. The van der Waals surface area contributed by atoms with Crippen LogP contribution in [0.5, 0.6) is 17.2 Å². The van der Waals surface area contributed by atoms with Gasteiger partial charge in [0.2, 0.25) is 0 Å². The molecule has 3 aromatic carbocycles. The summed E-state index contributed by atoms with van der Waals surface area (Å²) in [7, 11) is 3.32. The number of piperidine rings is 1. The Bertz CT molecular complexity index is 1170. The Morgan fingerprint density at radius 1 is 0.889 bits per heavy atom. The standard InChI is InChI=1S/C30H34N2O4/c1-34-24-12-8-11-23(17-24)25-19-32(18-22-9-4-3-5-10-22)27-15-16-31(20-26(25)27)30(33)21-36-29-14-7-6-13-28(29)35-2/h3-14,17,25-27H,15-16,18-21H2,1-2H3/t25-,26-,27-/m1/s1. The molecule has 36 heavy (non-hydrogen) atoms. The second kappa shape index (κ2) is 11.0. The summed E-state index contributed by atoms with van der Waals surface area (Å²) in [5.74, 6) is 2.80. The van der Waals surface area contributed by atoms with E-state index in [9.17, 15) is 4.79 Å². The van der Waals surface area contributed by atoms with Crippen molar-refractivity contribution in [3.8, 4) is 17.2 Å². The minimum Gasteiger partial charge on any atom is -0.497 e. The zero-order valence-corrected chi connectivity index (χ0v) is 21.0. The number of fused-ring (bicyclic) bond motifs is 1. The van der Waals surface area contributed by atoms with Crippen LogP contribution in [0.4, 0.5) is 0 Å². The van der Waals surface area contributed by atoms with Crippen molar-refractivity contribution in [3.05, 3.63) is 90.0 Å². The molecule has 3 atom stereocenters. The van der Waals surface area contributed by atoms with Crippen LogP contribution < -0.4 is 14.2 Å². The molecule has 188 valence electrons. The SMILES string of the molecule is COc1cccc([C@H]2CN(Cc3ccccc3)[C@@H]3CCN(C(=O)COc4ccccc4OC)C[C@H]23)c1. The quantitative estimate of drug-likeness (QED) is 0.466. The molecule has 2 aliphatic rings. The maximum absolute atomic E-state index is 13.2. The maximum atomic E-state index is 13.2. The number of benzene rings is 3. The van der Waals surface area contributed by atoms with Crippen LogP contribution in [0, 0.1) is 5.92 Å². The topological polar surface area (TPSA) is 51.2 Å². The lowest BCUT2D eigenvalue weighted by Crippen LogP contribution is -2.49. The van der Waals surface area contributed by atoms with E-state index in [1.54, 1.807) is 14.2 Å². The van der Waals surface area contributed by atoms with Gasteiger partial charge in [-0.15, -0.1) is 0 Å². The van der Waals surface area contributed by atoms with Gasteiger partial charge in [0.25, 0.3) is 5.91 Å². The van der Waals surface area contributed by atoms with Crippen LogP contribution >= 0.6 is 0 Å². The van der Waals surface area contributed by atoms with Crippen molar-refractivity contribution in [2.75, 3.05) is 40.5 Å². The van der Waals surface area contributed by atoms with Gasteiger partial charge >= 0.3 is 0 Å². The van der Waals surface area contributed by atoms with Crippen molar-refractivity contribution in [2.45, 2.75) is 24.9 Å². The molecule has 0 bridgehead atoms. The average Bonchev–Trinajstić information content (AvgIpc) is 3.29. The molecule has 0 spiro atoms. The summed E-state index contributed by atoms with van der Waals surface area (Å²) in [6, 6.07) is 26.9. The van der Waals surface area contributed by atoms with E-state index in [0.717, 1.165) is 38.3 Å². The smallest absolute Gasteiger partial charge is 0.260 e. The van der Waals surface area contributed by atoms with Gasteiger partial charge < -0.3 is 19.1 Å². The van der Waals surface area contributed by atoms with Gasteiger partial charge in [0.1, 0.15) is 5.75 Å². The van der Waals surface area contributed by atoms with Gasteiger partial charge in [0, 0.05) is 44.1 Å². The van der Waals surface area contributed by atoms with Crippen LogP contribution in [0.3, 0.4) is 0 Å². The van der Waals surface area contributed by atoms with E-state index in [-0.39, 0.29) is 12.5 Å². The molecule has 0 unspecified atom stereocenters. The number of ether oxygens (including phenoxy) is 3. The van der Waals surface area contributed by atoms with Crippen molar-refractivity contribution in [1.82, 2.24) is 9.80 Å². The fourth-order valence-corrected chi connectivity index (χ4v) is 5.76. The zero-order valence-electron chi connectivity index (χ0n) is 21.0. The van der Waals surface area contributed by atoms with Gasteiger partial charge in [-0.3, -0.25) is 9.69 Å². The number of methoxy groups -OCH3 is 2. The van der Waals surface area contributed by atoms with E-state index < -0.39 is 0 Å². The number of amides is 1. The van der Waals surface area contributed by atoms with E-state index in [2.05, 4.69) is 53.4 Å². The third kappa shape index (κ3) is 5.19. The molecule has 1 amide bonds. The largest absolute Gasteiger partial charge is 0.497 e. The highest BCUT2D eigenvalue weighted by atomic mass is 16.5. The van der Waals surface area contributed by atoms with E-state index in [0.29, 0.717) is 29.4 Å². The number of hydrogen-bond donors (Lipinski definition) is 0. The van der Waals surface area contributed by atoms with Crippen molar-refractivity contribution < 1.29 is 19.0 Å². The average molecular weight is 487 g/mol. The molecule has 6 nitrogen and oxygen atoms in total. The van der Waals surface area contributed by atoms with Crippen molar-refractivity contribution in [1.29, 1.82) is 0 Å². The predicted octanol–water partition coefficient (Wildman–Crippen LogP) is 4.60. The molecule has 5 rings (SSSR count). The minimum absolute atomic E-state index is 0.00924. The number of carbonyl (C=O) groups is 1. The fraction of sp³-hybridized carbons (Fsp3) is 0.367. The Labute approximate surface area is 213 Å².